The van der Waals surface area contributed by atoms with Crippen molar-refractivity contribution in [2.45, 2.75) is 6.54 Å². The lowest BCUT2D eigenvalue weighted by molar-refractivity contribution is 0.0942. The van der Waals surface area contributed by atoms with Crippen molar-refractivity contribution in [1.82, 2.24) is 25.5 Å². The number of halogens is 1. The minimum atomic E-state index is -0.577. The maximum absolute atomic E-state index is 12.3. The van der Waals surface area contributed by atoms with E-state index in [1.165, 1.54) is 11.3 Å². The number of hydrogen-bond donors (Lipinski definition) is 3. The minimum Gasteiger partial charge on any atom is -0.308 e. The predicted molar refractivity (Wildman–Crippen MR) is 107 cm³/mol. The van der Waals surface area contributed by atoms with Crippen LogP contribution in [0.3, 0.4) is 0 Å². The van der Waals surface area contributed by atoms with Gasteiger partial charge >= 0.3 is 6.03 Å². The first-order valence-corrected chi connectivity index (χ1v) is 9.36. The van der Waals surface area contributed by atoms with Gasteiger partial charge in [0.05, 0.1) is 17.8 Å². The summed E-state index contributed by atoms with van der Waals surface area (Å²) in [6.45, 7) is 1.40. The number of aromatic nitrogens is 2. The Morgan fingerprint density at radius 3 is 2.74 bits per heavy atom. The van der Waals surface area contributed by atoms with Crippen LogP contribution < -0.4 is 16.2 Å². The summed E-state index contributed by atoms with van der Waals surface area (Å²) in [6.07, 6.45) is 1.60. The molecule has 0 bridgehead atoms. The van der Waals surface area contributed by atoms with Crippen LogP contribution in [0.5, 0.6) is 0 Å². The van der Waals surface area contributed by atoms with Gasteiger partial charge in [0.25, 0.3) is 5.91 Å². The molecule has 0 atom stereocenters. The summed E-state index contributed by atoms with van der Waals surface area (Å²) in [5, 5.41) is 8.00. The van der Waals surface area contributed by atoms with Crippen molar-refractivity contribution in [3.63, 3.8) is 0 Å². The van der Waals surface area contributed by atoms with E-state index in [1.807, 2.05) is 43.3 Å². The molecule has 10 heteroatoms. The highest BCUT2D eigenvalue weighted by molar-refractivity contribution is 7.21. The maximum Gasteiger partial charge on any atom is 0.339 e. The Kier molecular flexibility index (Phi) is 5.94. The van der Waals surface area contributed by atoms with E-state index in [0.29, 0.717) is 22.3 Å². The highest BCUT2D eigenvalue weighted by atomic mass is 35.5. The van der Waals surface area contributed by atoms with Crippen molar-refractivity contribution in [2.24, 2.45) is 0 Å². The first kappa shape index (κ1) is 19.2. The average molecular weight is 407 g/mol. The van der Waals surface area contributed by atoms with Gasteiger partial charge in [0.2, 0.25) is 0 Å². The van der Waals surface area contributed by atoms with Gasteiger partial charge in [-0.2, -0.15) is 5.10 Å². The predicted octanol–water partition coefficient (Wildman–Crippen LogP) is 2.78. The van der Waals surface area contributed by atoms with Gasteiger partial charge in [0.15, 0.2) is 0 Å². The molecule has 0 unspecified atom stereocenters. The largest absolute Gasteiger partial charge is 0.339 e. The molecule has 142 valence electrons. The zero-order valence-corrected chi connectivity index (χ0v) is 16.4. The van der Waals surface area contributed by atoms with E-state index in [9.17, 15) is 9.59 Å². The van der Waals surface area contributed by atoms with Crippen LogP contribution >= 0.6 is 22.9 Å². The topological polar surface area (TPSA) is 91.3 Å². The second-order valence-corrected chi connectivity index (χ2v) is 7.45. The Labute approximate surface area is 165 Å². The molecule has 3 amide bonds. The highest BCUT2D eigenvalue weighted by Crippen LogP contribution is 2.34. The first-order valence-electron chi connectivity index (χ1n) is 8.16. The van der Waals surface area contributed by atoms with Gasteiger partial charge in [-0.15, -0.1) is 11.3 Å². The number of hydrazine groups is 1. The number of likely N-dealkylation sites (N-methyl/N-ethyl adjacent to an activating group) is 1. The van der Waals surface area contributed by atoms with Gasteiger partial charge in [-0.05, 0) is 20.2 Å². The number of nitrogens with zero attached hydrogens (tertiary/aromatic N) is 3. The van der Waals surface area contributed by atoms with Gasteiger partial charge in [-0.3, -0.25) is 15.5 Å². The second-order valence-electron chi connectivity index (χ2n) is 6.02. The van der Waals surface area contributed by atoms with Crippen LogP contribution in [0, 0.1) is 0 Å². The van der Waals surface area contributed by atoms with Crippen molar-refractivity contribution >= 4 is 50.8 Å². The fourth-order valence-corrected chi connectivity index (χ4v) is 3.80. The number of carbonyl (C=O) groups excluding carboxylic acids is 2. The summed E-state index contributed by atoms with van der Waals surface area (Å²) < 4.78 is 2.58. The van der Waals surface area contributed by atoms with Crippen LogP contribution in [0.1, 0.15) is 9.67 Å². The molecular formula is C17H19ClN6O2S. The first-order chi connectivity index (χ1) is 13.0. The molecule has 3 aromatic rings. The van der Waals surface area contributed by atoms with Gasteiger partial charge in [-0.1, -0.05) is 29.8 Å². The van der Waals surface area contributed by atoms with E-state index >= 15 is 0 Å². The molecule has 2 aromatic heterocycles. The van der Waals surface area contributed by atoms with Crippen molar-refractivity contribution in [2.75, 3.05) is 26.0 Å². The average Bonchev–Trinajstić information content (AvgIpc) is 3.22. The molecule has 0 aliphatic heterocycles. The number of carbonyl (C=O) groups is 2. The van der Waals surface area contributed by atoms with E-state index in [4.69, 9.17) is 11.6 Å². The summed E-state index contributed by atoms with van der Waals surface area (Å²) in [7, 11) is 3.91. The minimum absolute atomic E-state index is 0.342. The summed E-state index contributed by atoms with van der Waals surface area (Å²) in [5.74, 6) is 0.0564. The lowest BCUT2D eigenvalue weighted by atomic mass is 10.2. The van der Waals surface area contributed by atoms with Gasteiger partial charge in [-0.25, -0.2) is 14.9 Å². The van der Waals surface area contributed by atoms with Crippen molar-refractivity contribution in [3.8, 4) is 0 Å². The van der Waals surface area contributed by atoms with Crippen molar-refractivity contribution < 1.29 is 9.59 Å². The fraction of sp³-hybridized carbons (Fsp3) is 0.235. The third-order valence-electron chi connectivity index (χ3n) is 3.75. The molecule has 0 aliphatic carbocycles. The van der Waals surface area contributed by atoms with E-state index in [2.05, 4.69) is 21.3 Å². The zero-order valence-electron chi connectivity index (χ0n) is 14.8. The summed E-state index contributed by atoms with van der Waals surface area (Å²) in [4.78, 5) is 26.8. The lowest BCUT2D eigenvalue weighted by Gasteiger charge is -2.13. The number of fused-ring (bicyclic) bond motifs is 1. The molecule has 3 rings (SSSR count). The molecule has 0 aliphatic rings. The number of amides is 3. The van der Waals surface area contributed by atoms with Gasteiger partial charge < -0.3 is 4.90 Å². The summed E-state index contributed by atoms with van der Waals surface area (Å²) >= 11 is 7.54. The molecule has 8 nitrogen and oxygen atoms in total. The molecule has 1 aromatic carbocycles. The normalized spacial score (nSPS) is 11.0. The van der Waals surface area contributed by atoms with E-state index in [1.54, 1.807) is 16.9 Å². The number of hydrogen-bond acceptors (Lipinski definition) is 5. The molecule has 0 saturated heterocycles. The van der Waals surface area contributed by atoms with Crippen LogP contribution in [0.25, 0.3) is 10.1 Å². The Morgan fingerprint density at radius 2 is 2.00 bits per heavy atom. The van der Waals surface area contributed by atoms with Crippen LogP contribution in [0.15, 0.2) is 36.5 Å². The molecule has 0 radical (unpaired) electrons. The Hall–Kier alpha value is -2.62. The molecule has 0 fully saturated rings. The zero-order chi connectivity index (χ0) is 19.4. The molecule has 27 heavy (non-hydrogen) atoms. The number of anilines is 1. The third kappa shape index (κ3) is 4.57. The van der Waals surface area contributed by atoms with Crippen LogP contribution in [0.4, 0.5) is 10.6 Å². The van der Waals surface area contributed by atoms with E-state index < -0.39 is 11.9 Å². The fourth-order valence-electron chi connectivity index (χ4n) is 2.39. The Balaban J connectivity index is 1.58. The smallest absolute Gasteiger partial charge is 0.308 e. The quantitative estimate of drug-likeness (QED) is 0.568. The number of nitrogens with one attached hydrogen (secondary N) is 3. The molecule has 3 N–H and O–H groups in total. The maximum atomic E-state index is 12.3. The number of urea groups is 1. The van der Waals surface area contributed by atoms with E-state index in [0.717, 1.165) is 16.6 Å². The number of thiophene rings is 1. The SMILES string of the molecule is CN(C)CCn1nccc1NC(=O)NNC(=O)c1sc2ccccc2c1Cl. The third-order valence-corrected chi connectivity index (χ3v) is 5.42. The molecular weight excluding hydrogens is 388 g/mol. The summed E-state index contributed by atoms with van der Waals surface area (Å²) in [6, 6.07) is 8.57. The number of rotatable bonds is 5. The standard InChI is InChI=1S/C17H19ClN6O2S/c1-23(2)9-10-24-13(7-8-19-24)20-17(26)22-21-16(25)15-14(18)11-5-3-4-6-12(11)27-15/h3-8H,9-10H2,1-2H3,(H,21,25)(H2,20,22,26). The van der Waals surface area contributed by atoms with Gasteiger partial charge in [0, 0.05) is 22.7 Å². The van der Waals surface area contributed by atoms with Crippen molar-refractivity contribution in [3.05, 3.63) is 46.4 Å². The molecule has 2 heterocycles. The molecule has 0 spiro atoms. The Morgan fingerprint density at radius 1 is 1.22 bits per heavy atom. The molecule has 0 saturated carbocycles. The van der Waals surface area contributed by atoms with Crippen molar-refractivity contribution in [1.29, 1.82) is 0 Å². The monoisotopic (exact) mass is 406 g/mol. The van der Waals surface area contributed by atoms with Crippen LogP contribution in [-0.2, 0) is 6.54 Å². The highest BCUT2D eigenvalue weighted by Gasteiger charge is 2.17. The lowest BCUT2D eigenvalue weighted by Crippen LogP contribution is -2.44. The van der Waals surface area contributed by atoms with Gasteiger partial charge in [0.1, 0.15) is 10.7 Å². The number of benzene rings is 1. The van der Waals surface area contributed by atoms with Crippen LogP contribution in [0.2, 0.25) is 5.02 Å². The summed E-state index contributed by atoms with van der Waals surface area (Å²) in [5.41, 5.74) is 4.70. The van der Waals surface area contributed by atoms with Crippen LogP contribution in [-0.4, -0.2) is 47.3 Å². The second kappa shape index (κ2) is 8.38. The Bertz CT molecular complexity index is 967. The van der Waals surface area contributed by atoms with E-state index in [-0.39, 0.29) is 0 Å².